The predicted molar refractivity (Wildman–Crippen MR) is 350 cm³/mol. The van der Waals surface area contributed by atoms with Gasteiger partial charge < -0.3 is 29.6 Å². The van der Waals surface area contributed by atoms with E-state index in [0.717, 1.165) is 76.7 Å². The van der Waals surface area contributed by atoms with Crippen LogP contribution in [-0.2, 0) is 35.8 Å². The number of hydrogen-bond acceptors (Lipinski definition) is 9. The summed E-state index contributed by atoms with van der Waals surface area (Å²) in [5.41, 5.74) is 14.8. The molecule has 0 fully saturated rings. The lowest BCUT2D eigenvalue weighted by atomic mass is 9.87. The third-order valence-corrected chi connectivity index (χ3v) is 20.0. The fraction of sp³-hybridized carbons (Fsp3) is 0.271. The number of hydrogen-bond donors (Lipinski definition) is 3. The van der Waals surface area contributed by atoms with Crippen molar-refractivity contribution in [2.24, 2.45) is 0 Å². The number of amides is 1. The van der Waals surface area contributed by atoms with E-state index in [1.54, 1.807) is 13.8 Å². The zero-order valence-electron chi connectivity index (χ0n) is 50.1. The lowest BCUT2D eigenvalue weighted by Gasteiger charge is -2.38. The Morgan fingerprint density at radius 2 is 1.21 bits per heavy atom. The number of unbranched alkanes of at least 4 members (excludes halogenated alkanes) is 1. The van der Waals surface area contributed by atoms with Crippen LogP contribution in [-0.4, -0.2) is 113 Å². The summed E-state index contributed by atoms with van der Waals surface area (Å²) >= 11 is 0. The van der Waals surface area contributed by atoms with Crippen LogP contribution in [0.2, 0.25) is 13.1 Å². The molecule has 1 aliphatic heterocycles. The molecule has 7 aromatic carbocycles. The molecule has 9 rings (SSSR count). The molecule has 11 nitrogen and oxygen atoms in total. The molecule has 84 heavy (non-hydrogen) atoms. The van der Waals surface area contributed by atoms with E-state index in [-0.39, 0.29) is 11.7 Å². The van der Waals surface area contributed by atoms with Crippen molar-refractivity contribution in [1.82, 2.24) is 15.1 Å². The molecule has 0 aromatic heterocycles. The van der Waals surface area contributed by atoms with Gasteiger partial charge in [-0.25, -0.2) is 4.58 Å². The molecular formula is C70H78B2N5O6Si+. The van der Waals surface area contributed by atoms with E-state index in [9.17, 15) is 19.6 Å². The third-order valence-electron chi connectivity index (χ3n) is 16.4. The molecule has 2 radical (unpaired) electrons. The van der Waals surface area contributed by atoms with Crippen LogP contribution in [0.3, 0.4) is 0 Å². The summed E-state index contributed by atoms with van der Waals surface area (Å²) in [4.78, 5) is 32.5. The first-order valence-electron chi connectivity index (χ1n) is 29.0. The minimum absolute atomic E-state index is 0.0780. The molecule has 0 saturated heterocycles. The average molecular weight is 1140 g/mol. The third kappa shape index (κ3) is 13.7. The molecule has 428 valence electrons. The van der Waals surface area contributed by atoms with Crippen LogP contribution in [0.5, 0.6) is 11.5 Å². The molecule has 7 aromatic rings. The maximum Gasteiger partial charge on any atom is 0.569 e. The molecule has 1 aliphatic carbocycles. The zero-order valence-corrected chi connectivity index (χ0v) is 51.1. The van der Waals surface area contributed by atoms with Gasteiger partial charge in [-0.2, -0.15) is 0 Å². The molecule has 0 unspecified atom stereocenters. The number of anilines is 1. The van der Waals surface area contributed by atoms with Gasteiger partial charge in [0.25, 0.3) is 0 Å². The van der Waals surface area contributed by atoms with Crippen molar-refractivity contribution in [3.05, 3.63) is 220 Å². The number of fused-ring (bicyclic) bond motifs is 4. The Labute approximate surface area is 499 Å². The summed E-state index contributed by atoms with van der Waals surface area (Å²) < 4.78 is 13.5. The standard InChI is InChI=1S/C70H77B2N5O6Si/c1-47(2)64(78)27-17-18-37-76(43-52-21-11-15-28-65(52)82-71-80)46-63-57-26-14-13-25-56(57)62(45-77(38-20-36-73-70(79)48(3)4)44-53-22-12-16-29-66(53)83-72-81)58-33-30-50(40-61(58)63)49-23-19-24-51(39-49)69-59-34-31-54(74(5)6)41-67(59)84(9,10)68-42-55(75(7)8)32-35-60(68)69/h11-16,19,21-26,28-35,39-42,80-81H,1,3,17-18,20,27,36-38,43-46H2,2,4-10H3/p+1. The van der Waals surface area contributed by atoms with Gasteiger partial charge in [0.05, 0.1) is 0 Å². The van der Waals surface area contributed by atoms with Gasteiger partial charge in [-0.05, 0) is 164 Å². The number of carbonyl (C=O) groups is 2. The molecule has 0 spiro atoms. The minimum atomic E-state index is -2.19. The first-order valence-corrected chi connectivity index (χ1v) is 32.0. The fourth-order valence-electron chi connectivity index (χ4n) is 11.9. The van der Waals surface area contributed by atoms with Crippen molar-refractivity contribution in [3.63, 3.8) is 0 Å². The first-order chi connectivity index (χ1) is 40.5. The Kier molecular flexibility index (Phi) is 19.7. The predicted octanol–water partition coefficient (Wildman–Crippen LogP) is 11.4. The summed E-state index contributed by atoms with van der Waals surface area (Å²) in [6.45, 7) is 20.2. The minimum Gasteiger partial charge on any atom is -0.537 e. The van der Waals surface area contributed by atoms with Crippen LogP contribution in [0, 0.1) is 0 Å². The van der Waals surface area contributed by atoms with Crippen LogP contribution in [0.25, 0.3) is 38.2 Å². The van der Waals surface area contributed by atoms with E-state index >= 15 is 0 Å². The normalized spacial score (nSPS) is 13.4. The van der Waals surface area contributed by atoms with Crippen LogP contribution in [0.1, 0.15) is 72.9 Å². The molecule has 2 aliphatic rings. The summed E-state index contributed by atoms with van der Waals surface area (Å²) in [6.07, 6.45) is 9.62. The molecule has 14 heteroatoms. The van der Waals surface area contributed by atoms with Gasteiger partial charge in [0.15, 0.2) is 11.5 Å². The van der Waals surface area contributed by atoms with Crippen LogP contribution >= 0.6 is 0 Å². The molecule has 0 bridgehead atoms. The van der Waals surface area contributed by atoms with E-state index in [1.165, 1.54) is 44.1 Å². The second kappa shape index (κ2) is 27.2. The fourth-order valence-corrected chi connectivity index (χ4v) is 15.0. The molecular weight excluding hydrogens is 1060 g/mol. The molecule has 1 heterocycles. The van der Waals surface area contributed by atoms with Crippen LogP contribution in [0.4, 0.5) is 5.69 Å². The van der Waals surface area contributed by atoms with Gasteiger partial charge in [0, 0.05) is 94.3 Å². The second-order valence-corrected chi connectivity index (χ2v) is 27.6. The van der Waals surface area contributed by atoms with E-state index in [0.29, 0.717) is 87.7 Å². The van der Waals surface area contributed by atoms with E-state index < -0.39 is 8.07 Å². The highest BCUT2D eigenvalue weighted by Gasteiger charge is 2.40. The van der Waals surface area contributed by atoms with Crippen molar-refractivity contribution in [1.29, 1.82) is 0 Å². The van der Waals surface area contributed by atoms with E-state index in [1.807, 2.05) is 48.5 Å². The van der Waals surface area contributed by atoms with Gasteiger partial charge in [0.1, 0.15) is 33.7 Å². The molecule has 0 saturated carbocycles. The van der Waals surface area contributed by atoms with Gasteiger partial charge in [-0.1, -0.05) is 123 Å². The highest BCUT2D eigenvalue weighted by molar-refractivity contribution is 6.98. The van der Waals surface area contributed by atoms with Gasteiger partial charge >= 0.3 is 15.4 Å². The Morgan fingerprint density at radius 1 is 0.631 bits per heavy atom. The maximum absolute atomic E-state index is 12.8. The Balaban J connectivity index is 1.22. The molecule has 0 atom stereocenters. The van der Waals surface area contributed by atoms with Gasteiger partial charge in [-0.15, -0.1) is 0 Å². The smallest absolute Gasteiger partial charge is 0.537 e. The number of rotatable bonds is 26. The van der Waals surface area contributed by atoms with Crippen molar-refractivity contribution < 1.29 is 33.5 Å². The van der Waals surface area contributed by atoms with Gasteiger partial charge in [0.2, 0.25) is 5.91 Å². The lowest BCUT2D eigenvalue weighted by molar-refractivity contribution is -0.462. The van der Waals surface area contributed by atoms with Crippen LogP contribution < -0.4 is 24.7 Å². The first kappa shape index (κ1) is 60.7. The Hall–Kier alpha value is -7.84. The summed E-state index contributed by atoms with van der Waals surface area (Å²) in [5, 5.41) is 30.1. The number of carbonyl (C=O) groups excluding carboxylic acids is 2. The van der Waals surface area contributed by atoms with Crippen molar-refractivity contribution in [3.8, 4) is 22.6 Å². The number of nitrogens with one attached hydrogen (secondary N) is 1. The Bertz CT molecular complexity index is 3790. The molecule has 3 N–H and O–H groups in total. The number of ketones is 1. The van der Waals surface area contributed by atoms with Crippen LogP contribution in [0.15, 0.2) is 187 Å². The van der Waals surface area contributed by atoms with E-state index in [2.05, 4.69) is 182 Å². The van der Waals surface area contributed by atoms with E-state index in [4.69, 9.17) is 9.31 Å². The summed E-state index contributed by atoms with van der Waals surface area (Å²) in [7, 11) is 7.73. The largest absolute Gasteiger partial charge is 0.569 e. The van der Waals surface area contributed by atoms with Crippen molar-refractivity contribution in [2.45, 2.75) is 78.8 Å². The number of allylic oxidation sites excluding steroid dienone is 6. The number of para-hydroxylation sites is 2. The zero-order chi connectivity index (χ0) is 59.7. The Morgan fingerprint density at radius 3 is 1.82 bits per heavy atom. The molecule has 1 amide bonds. The van der Waals surface area contributed by atoms with Gasteiger partial charge in [-0.3, -0.25) is 19.4 Å². The maximum atomic E-state index is 12.8. The lowest BCUT2D eigenvalue weighted by Crippen LogP contribution is -2.49. The average Bonchev–Trinajstić information content (AvgIpc) is 3.06. The highest BCUT2D eigenvalue weighted by Crippen LogP contribution is 2.44. The van der Waals surface area contributed by atoms with Crippen molar-refractivity contribution in [2.75, 3.05) is 52.7 Å². The quantitative estimate of drug-likeness (QED) is 0.0160. The van der Waals surface area contributed by atoms with Crippen molar-refractivity contribution >= 4 is 78.8 Å². The summed E-state index contributed by atoms with van der Waals surface area (Å²) in [5.74, 6) is 1.04. The number of Topliss-reactive ketones (excluding diaryl/α,β-unsaturated/α-hetero) is 1. The summed E-state index contributed by atoms with van der Waals surface area (Å²) in [6, 6.07) is 47.3. The highest BCUT2D eigenvalue weighted by atomic mass is 28.3. The topological polar surface area (TPSA) is 118 Å². The SMILES string of the molecule is C=C(C)C(=O)CCCCN(Cc1ccccc1O[B]O)Cc1c2ccccc2c(CN(CCCNC(=O)C(=C)C)Cc2ccccc2O[B]O)c2ccc(-c3cccc(C4=C5C=CC(=[N+](C)C)C=C5[Si](C)(C)c5cc(N(C)C)ccc54)c3)cc12. The number of benzene rings is 7. The monoisotopic (exact) mass is 1130 g/mol. The number of nitrogens with zero attached hydrogens (tertiary/aromatic N) is 4. The second-order valence-electron chi connectivity index (χ2n) is 23.2.